The van der Waals surface area contributed by atoms with Crippen LogP contribution in [-0.4, -0.2) is 39.4 Å². The summed E-state index contributed by atoms with van der Waals surface area (Å²) in [6.07, 6.45) is 2.14. The molecule has 0 aliphatic carbocycles. The van der Waals surface area contributed by atoms with Crippen LogP contribution in [0.2, 0.25) is 0 Å². The molecule has 1 saturated heterocycles. The summed E-state index contributed by atoms with van der Waals surface area (Å²) in [7, 11) is -2.16. The molecule has 0 unspecified atom stereocenters. The van der Waals surface area contributed by atoms with Gasteiger partial charge in [0.1, 0.15) is 0 Å². The quantitative estimate of drug-likeness (QED) is 0.918. The van der Waals surface area contributed by atoms with Crippen LogP contribution in [0.3, 0.4) is 0 Å². The van der Waals surface area contributed by atoms with E-state index in [-0.39, 0.29) is 10.8 Å². The lowest BCUT2D eigenvalue weighted by atomic mass is 9.99. The number of likely N-dealkylation sites (tertiary alicyclic amines) is 1. The second kappa shape index (κ2) is 5.93. The van der Waals surface area contributed by atoms with Gasteiger partial charge in [-0.1, -0.05) is 13.0 Å². The number of hydrogen-bond donors (Lipinski definition) is 1. The van der Waals surface area contributed by atoms with Crippen molar-refractivity contribution in [2.45, 2.75) is 24.7 Å². The lowest BCUT2D eigenvalue weighted by Gasteiger charge is -2.31. The van der Waals surface area contributed by atoms with Crippen molar-refractivity contribution in [3.8, 4) is 0 Å². The highest BCUT2D eigenvalue weighted by Crippen LogP contribution is 2.19. The molecule has 1 aromatic rings. The van der Waals surface area contributed by atoms with Crippen molar-refractivity contribution in [3.63, 3.8) is 0 Å². The van der Waals surface area contributed by atoms with Crippen molar-refractivity contribution in [2.24, 2.45) is 5.92 Å². The second-order valence-corrected chi connectivity index (χ2v) is 7.12. The first-order valence-electron chi connectivity index (χ1n) is 6.77. The van der Waals surface area contributed by atoms with Crippen molar-refractivity contribution in [1.29, 1.82) is 0 Å². The van der Waals surface area contributed by atoms with Crippen LogP contribution in [0.4, 0.5) is 0 Å². The molecule has 1 fully saturated rings. The number of amides is 1. The third-order valence-corrected chi connectivity index (χ3v) is 5.02. The van der Waals surface area contributed by atoms with Gasteiger partial charge in [0.05, 0.1) is 4.90 Å². The topological polar surface area (TPSA) is 66.5 Å². The molecule has 0 bridgehead atoms. The van der Waals surface area contributed by atoms with Gasteiger partial charge in [0, 0.05) is 18.7 Å². The van der Waals surface area contributed by atoms with Gasteiger partial charge in [-0.05, 0) is 44.0 Å². The standard InChI is InChI=1S/C14H20N2O3S/c1-11-5-4-8-16(10-11)14(17)12-6-3-7-13(9-12)20(18,19)15-2/h3,6-7,9,11,15H,4-5,8,10H2,1-2H3/t11-/m1/s1. The fraction of sp³-hybridized carbons (Fsp3) is 0.500. The van der Waals surface area contributed by atoms with Gasteiger partial charge in [0.15, 0.2) is 0 Å². The number of hydrogen-bond acceptors (Lipinski definition) is 3. The van der Waals surface area contributed by atoms with E-state index in [1.165, 1.54) is 19.2 Å². The summed E-state index contributed by atoms with van der Waals surface area (Å²) in [5.74, 6) is 0.404. The molecule has 2 rings (SSSR count). The van der Waals surface area contributed by atoms with Crippen molar-refractivity contribution in [3.05, 3.63) is 29.8 Å². The molecule has 0 spiro atoms. The Morgan fingerprint density at radius 2 is 2.15 bits per heavy atom. The van der Waals surface area contributed by atoms with Crippen LogP contribution in [0.1, 0.15) is 30.1 Å². The molecule has 5 nitrogen and oxygen atoms in total. The van der Waals surface area contributed by atoms with E-state index in [0.717, 1.165) is 25.9 Å². The van der Waals surface area contributed by atoms with E-state index >= 15 is 0 Å². The number of benzene rings is 1. The third-order valence-electron chi connectivity index (χ3n) is 3.60. The van der Waals surface area contributed by atoms with Crippen LogP contribution < -0.4 is 4.72 Å². The Kier molecular flexibility index (Phi) is 4.45. The highest BCUT2D eigenvalue weighted by Gasteiger charge is 2.23. The third kappa shape index (κ3) is 3.19. The van der Waals surface area contributed by atoms with Gasteiger partial charge in [-0.2, -0.15) is 0 Å². The second-order valence-electron chi connectivity index (χ2n) is 5.23. The largest absolute Gasteiger partial charge is 0.338 e. The van der Waals surface area contributed by atoms with Crippen LogP contribution in [0.15, 0.2) is 29.2 Å². The number of carbonyl (C=O) groups is 1. The minimum absolute atomic E-state index is 0.0929. The van der Waals surface area contributed by atoms with Crippen molar-refractivity contribution >= 4 is 15.9 Å². The van der Waals surface area contributed by atoms with E-state index in [1.807, 2.05) is 0 Å². The summed E-state index contributed by atoms with van der Waals surface area (Å²) in [6, 6.07) is 6.19. The number of sulfonamides is 1. The van der Waals surface area contributed by atoms with Gasteiger partial charge in [-0.15, -0.1) is 0 Å². The van der Waals surface area contributed by atoms with Gasteiger partial charge in [0.25, 0.3) is 5.91 Å². The maximum Gasteiger partial charge on any atom is 0.253 e. The van der Waals surface area contributed by atoms with Crippen LogP contribution in [0, 0.1) is 5.92 Å². The Hall–Kier alpha value is -1.40. The molecule has 110 valence electrons. The molecule has 1 aliphatic heterocycles. The van der Waals surface area contributed by atoms with Crippen molar-refractivity contribution in [1.82, 2.24) is 9.62 Å². The van der Waals surface area contributed by atoms with E-state index < -0.39 is 10.0 Å². The van der Waals surface area contributed by atoms with Crippen LogP contribution in [0.5, 0.6) is 0 Å². The summed E-state index contributed by atoms with van der Waals surface area (Å²) in [4.78, 5) is 14.3. The molecule has 1 amide bonds. The SMILES string of the molecule is CNS(=O)(=O)c1cccc(C(=O)N2CCC[C@@H](C)C2)c1. The van der Waals surface area contributed by atoms with Crippen LogP contribution in [-0.2, 0) is 10.0 Å². The molecule has 0 saturated carbocycles. The Bertz CT molecular complexity index is 598. The Morgan fingerprint density at radius 1 is 1.40 bits per heavy atom. The Labute approximate surface area is 120 Å². The highest BCUT2D eigenvalue weighted by molar-refractivity contribution is 7.89. The van der Waals surface area contributed by atoms with E-state index in [9.17, 15) is 13.2 Å². The summed E-state index contributed by atoms with van der Waals surface area (Å²) in [5.41, 5.74) is 0.426. The van der Waals surface area contributed by atoms with Crippen LogP contribution in [0.25, 0.3) is 0 Å². The lowest BCUT2D eigenvalue weighted by molar-refractivity contribution is 0.0683. The Morgan fingerprint density at radius 3 is 2.80 bits per heavy atom. The molecule has 1 N–H and O–H groups in total. The van der Waals surface area contributed by atoms with Gasteiger partial charge in [-0.25, -0.2) is 13.1 Å². The van der Waals surface area contributed by atoms with Gasteiger partial charge in [-0.3, -0.25) is 4.79 Å². The lowest BCUT2D eigenvalue weighted by Crippen LogP contribution is -2.39. The molecule has 1 atom stereocenters. The smallest absolute Gasteiger partial charge is 0.253 e. The molecule has 1 heterocycles. The van der Waals surface area contributed by atoms with Crippen LogP contribution >= 0.6 is 0 Å². The molecule has 0 radical (unpaired) electrons. The molecular weight excluding hydrogens is 276 g/mol. The van der Waals surface area contributed by atoms with Gasteiger partial charge < -0.3 is 4.90 Å². The molecule has 1 aliphatic rings. The van der Waals surface area contributed by atoms with Crippen molar-refractivity contribution in [2.75, 3.05) is 20.1 Å². The molecule has 0 aromatic heterocycles. The maximum absolute atomic E-state index is 12.4. The number of nitrogens with one attached hydrogen (secondary N) is 1. The minimum atomic E-state index is -3.52. The zero-order valence-electron chi connectivity index (χ0n) is 11.8. The minimum Gasteiger partial charge on any atom is -0.338 e. The fourth-order valence-electron chi connectivity index (χ4n) is 2.47. The highest BCUT2D eigenvalue weighted by atomic mass is 32.2. The van der Waals surface area contributed by atoms with E-state index in [4.69, 9.17) is 0 Å². The zero-order chi connectivity index (χ0) is 14.8. The summed E-state index contributed by atoms with van der Waals surface area (Å²) in [5, 5.41) is 0. The molecule has 6 heteroatoms. The van der Waals surface area contributed by atoms with Gasteiger partial charge in [0.2, 0.25) is 10.0 Å². The number of piperidine rings is 1. The fourth-order valence-corrected chi connectivity index (χ4v) is 3.25. The van der Waals surface area contributed by atoms with Crippen molar-refractivity contribution < 1.29 is 13.2 Å². The van der Waals surface area contributed by atoms with E-state index in [0.29, 0.717) is 11.5 Å². The Balaban J connectivity index is 2.25. The average Bonchev–Trinajstić information content (AvgIpc) is 2.46. The first kappa shape index (κ1) is 15.0. The number of nitrogens with zero attached hydrogens (tertiary/aromatic N) is 1. The first-order valence-corrected chi connectivity index (χ1v) is 8.25. The summed E-state index contributed by atoms with van der Waals surface area (Å²) in [6.45, 7) is 3.61. The predicted molar refractivity (Wildman–Crippen MR) is 77.0 cm³/mol. The maximum atomic E-state index is 12.4. The zero-order valence-corrected chi connectivity index (χ0v) is 12.6. The normalized spacial score (nSPS) is 19.9. The summed E-state index contributed by atoms with van der Waals surface area (Å²) < 4.78 is 25.8. The van der Waals surface area contributed by atoms with E-state index in [1.54, 1.807) is 17.0 Å². The van der Waals surface area contributed by atoms with E-state index in [2.05, 4.69) is 11.6 Å². The number of carbonyl (C=O) groups excluding carboxylic acids is 1. The van der Waals surface area contributed by atoms with Gasteiger partial charge >= 0.3 is 0 Å². The first-order chi connectivity index (χ1) is 9.44. The average molecular weight is 296 g/mol. The summed E-state index contributed by atoms with van der Waals surface area (Å²) >= 11 is 0. The molecular formula is C14H20N2O3S. The number of rotatable bonds is 3. The monoisotopic (exact) mass is 296 g/mol. The molecule has 20 heavy (non-hydrogen) atoms. The predicted octanol–water partition coefficient (Wildman–Crippen LogP) is 1.47. The molecule has 1 aromatic carbocycles.